The highest BCUT2D eigenvalue weighted by molar-refractivity contribution is 6.83. The van der Waals surface area contributed by atoms with Crippen LogP contribution < -0.4 is 0 Å². The maximum absolute atomic E-state index is 6.20. The summed E-state index contributed by atoms with van der Waals surface area (Å²) in [6.45, 7) is 12.5. The molecule has 1 aromatic carbocycles. The molecule has 3 aliphatic rings. The molecule has 0 radical (unpaired) electrons. The molecule has 4 rings (SSSR count). The SMILES string of the molecule is CCCC12COC(c3ccc(C#C[Si](C)(C)C)cc3)(OC1)OC2C. The van der Waals surface area contributed by atoms with E-state index in [2.05, 4.69) is 45.0 Å². The minimum absolute atomic E-state index is 0.000741. The summed E-state index contributed by atoms with van der Waals surface area (Å²) in [7, 11) is -1.36. The van der Waals surface area contributed by atoms with Gasteiger partial charge < -0.3 is 14.2 Å². The minimum Gasteiger partial charge on any atom is -0.323 e. The van der Waals surface area contributed by atoms with Crippen molar-refractivity contribution in [2.45, 2.75) is 58.4 Å². The van der Waals surface area contributed by atoms with Crippen molar-refractivity contribution in [3.63, 3.8) is 0 Å². The maximum atomic E-state index is 6.20. The molecule has 0 spiro atoms. The second-order valence-corrected chi connectivity index (χ2v) is 12.8. The van der Waals surface area contributed by atoms with E-state index in [9.17, 15) is 0 Å². The summed E-state index contributed by atoms with van der Waals surface area (Å²) in [5, 5.41) is 0. The molecule has 0 saturated carbocycles. The van der Waals surface area contributed by atoms with Crippen LogP contribution in [0.4, 0.5) is 0 Å². The van der Waals surface area contributed by atoms with Gasteiger partial charge in [0.1, 0.15) is 8.07 Å². The van der Waals surface area contributed by atoms with Crippen molar-refractivity contribution in [1.29, 1.82) is 0 Å². The summed E-state index contributed by atoms with van der Waals surface area (Å²) in [5.41, 5.74) is 5.33. The van der Waals surface area contributed by atoms with Crippen molar-refractivity contribution >= 4 is 8.07 Å². The molecule has 0 N–H and O–H groups in total. The van der Waals surface area contributed by atoms with Crippen molar-refractivity contribution < 1.29 is 14.2 Å². The molecular weight excluding hydrogens is 316 g/mol. The lowest BCUT2D eigenvalue weighted by atomic mass is 9.78. The third-order valence-electron chi connectivity index (χ3n) is 4.86. The summed E-state index contributed by atoms with van der Waals surface area (Å²) in [5.74, 6) is 2.23. The molecule has 130 valence electrons. The van der Waals surface area contributed by atoms with Gasteiger partial charge in [0.25, 0.3) is 0 Å². The lowest BCUT2D eigenvalue weighted by Gasteiger charge is -2.55. The smallest absolute Gasteiger partial charge is 0.312 e. The van der Waals surface area contributed by atoms with Gasteiger partial charge in [0.05, 0.1) is 19.3 Å². The highest BCUT2D eigenvalue weighted by atomic mass is 28.3. The van der Waals surface area contributed by atoms with E-state index in [-0.39, 0.29) is 11.5 Å². The first-order valence-corrected chi connectivity index (χ1v) is 12.4. The van der Waals surface area contributed by atoms with Crippen LogP contribution in [-0.2, 0) is 20.2 Å². The Labute approximate surface area is 146 Å². The molecule has 0 amide bonds. The lowest BCUT2D eigenvalue weighted by molar-refractivity contribution is -0.498. The molecule has 24 heavy (non-hydrogen) atoms. The fraction of sp³-hybridized carbons (Fsp3) is 0.600. The van der Waals surface area contributed by atoms with Gasteiger partial charge in [-0.25, -0.2) is 0 Å². The number of hydrogen-bond acceptors (Lipinski definition) is 3. The van der Waals surface area contributed by atoms with E-state index in [1.54, 1.807) is 0 Å². The van der Waals surface area contributed by atoms with E-state index >= 15 is 0 Å². The monoisotopic (exact) mass is 344 g/mol. The lowest BCUT2D eigenvalue weighted by Crippen LogP contribution is -2.62. The number of fused-ring (bicyclic) bond motifs is 3. The van der Waals surface area contributed by atoms with Crippen LogP contribution in [0.25, 0.3) is 0 Å². The van der Waals surface area contributed by atoms with Gasteiger partial charge in [-0.1, -0.05) is 38.9 Å². The van der Waals surface area contributed by atoms with E-state index < -0.39 is 14.0 Å². The Kier molecular flexibility index (Phi) is 4.65. The molecule has 1 unspecified atom stereocenters. The highest BCUT2D eigenvalue weighted by Crippen LogP contribution is 2.49. The third kappa shape index (κ3) is 3.32. The van der Waals surface area contributed by atoms with Crippen LogP contribution in [0.3, 0.4) is 0 Å². The van der Waals surface area contributed by atoms with E-state index in [1.807, 2.05) is 24.3 Å². The quantitative estimate of drug-likeness (QED) is 0.605. The summed E-state index contributed by atoms with van der Waals surface area (Å²) < 4.78 is 18.3. The normalized spacial score (nSPS) is 32.3. The largest absolute Gasteiger partial charge is 0.323 e. The minimum atomic E-state index is -1.36. The van der Waals surface area contributed by atoms with Crippen molar-refractivity contribution in [3.8, 4) is 11.5 Å². The molecule has 3 fully saturated rings. The van der Waals surface area contributed by atoms with Gasteiger partial charge in [0, 0.05) is 16.5 Å². The number of ether oxygens (including phenoxy) is 3. The van der Waals surface area contributed by atoms with Gasteiger partial charge in [-0.2, -0.15) is 0 Å². The summed E-state index contributed by atoms with van der Waals surface area (Å²) in [6, 6.07) is 8.08. The van der Waals surface area contributed by atoms with E-state index in [1.165, 1.54) is 0 Å². The number of benzene rings is 1. The van der Waals surface area contributed by atoms with Gasteiger partial charge in [-0.3, -0.25) is 0 Å². The molecule has 3 saturated heterocycles. The Morgan fingerprint density at radius 1 is 1.12 bits per heavy atom. The second kappa shape index (κ2) is 6.31. The van der Waals surface area contributed by atoms with Crippen molar-refractivity contribution in [1.82, 2.24) is 0 Å². The third-order valence-corrected chi connectivity index (χ3v) is 5.74. The topological polar surface area (TPSA) is 27.7 Å². The maximum Gasteiger partial charge on any atom is 0.312 e. The van der Waals surface area contributed by atoms with E-state index in [0.29, 0.717) is 13.2 Å². The molecule has 3 nitrogen and oxygen atoms in total. The Bertz CT molecular complexity index is 640. The molecule has 0 aliphatic carbocycles. The molecule has 2 bridgehead atoms. The van der Waals surface area contributed by atoms with Gasteiger partial charge >= 0.3 is 5.97 Å². The molecule has 3 aliphatic heterocycles. The second-order valence-electron chi connectivity index (χ2n) is 8.08. The van der Waals surface area contributed by atoms with Crippen molar-refractivity contribution in [3.05, 3.63) is 35.4 Å². The van der Waals surface area contributed by atoms with E-state index in [4.69, 9.17) is 14.2 Å². The van der Waals surface area contributed by atoms with Gasteiger partial charge in [-0.15, -0.1) is 5.54 Å². The standard InChI is InChI=1S/C20H28O3Si/c1-6-12-19-14-21-20(22-15-19,23-16(19)2)18-9-7-17(8-10-18)11-13-24(3,4)5/h7-10,16H,6,12,14-15H2,1-5H3. The predicted molar refractivity (Wildman–Crippen MR) is 98.1 cm³/mol. The first-order chi connectivity index (χ1) is 11.3. The Morgan fingerprint density at radius 2 is 1.75 bits per heavy atom. The fourth-order valence-electron chi connectivity index (χ4n) is 3.32. The van der Waals surface area contributed by atoms with Crippen molar-refractivity contribution in [2.75, 3.05) is 13.2 Å². The molecule has 4 heteroatoms. The highest BCUT2D eigenvalue weighted by Gasteiger charge is 2.57. The van der Waals surface area contributed by atoms with Crippen molar-refractivity contribution in [2.24, 2.45) is 5.41 Å². The average molecular weight is 345 g/mol. The molecule has 1 atom stereocenters. The number of rotatable bonds is 3. The first kappa shape index (κ1) is 17.7. The van der Waals surface area contributed by atoms with Crippen LogP contribution >= 0.6 is 0 Å². The Morgan fingerprint density at radius 3 is 2.25 bits per heavy atom. The van der Waals surface area contributed by atoms with Gasteiger partial charge in [-0.05, 0) is 37.6 Å². The van der Waals surface area contributed by atoms with Crippen LogP contribution in [0, 0.1) is 16.9 Å². The van der Waals surface area contributed by atoms with Crippen LogP contribution in [0.5, 0.6) is 0 Å². The predicted octanol–water partition coefficient (Wildman–Crippen LogP) is 4.28. The first-order valence-electron chi connectivity index (χ1n) is 8.88. The van der Waals surface area contributed by atoms with Gasteiger partial charge in [0.2, 0.25) is 0 Å². The molecule has 1 aromatic rings. The van der Waals surface area contributed by atoms with E-state index in [0.717, 1.165) is 24.0 Å². The zero-order valence-electron chi connectivity index (χ0n) is 15.4. The van der Waals surface area contributed by atoms with Crippen LogP contribution in [0.1, 0.15) is 37.8 Å². The summed E-state index contributed by atoms with van der Waals surface area (Å²) in [6.07, 6.45) is 2.30. The molecule has 3 heterocycles. The fourth-order valence-corrected chi connectivity index (χ4v) is 3.84. The van der Waals surface area contributed by atoms with Gasteiger partial charge in [0.15, 0.2) is 0 Å². The zero-order chi connectivity index (χ0) is 17.4. The number of hydrogen-bond donors (Lipinski definition) is 0. The average Bonchev–Trinajstić information content (AvgIpc) is 2.55. The summed E-state index contributed by atoms with van der Waals surface area (Å²) >= 11 is 0. The van der Waals surface area contributed by atoms with Crippen LogP contribution in [0.2, 0.25) is 19.6 Å². The van der Waals surface area contributed by atoms with Crippen LogP contribution in [-0.4, -0.2) is 27.4 Å². The Hall–Kier alpha value is -1.12. The molecular formula is C20H28O3Si. The zero-order valence-corrected chi connectivity index (χ0v) is 16.4. The van der Waals surface area contributed by atoms with Crippen LogP contribution in [0.15, 0.2) is 24.3 Å². The molecule has 0 aromatic heterocycles. The summed E-state index contributed by atoms with van der Waals surface area (Å²) in [4.78, 5) is 0. The Balaban J connectivity index is 1.79.